The highest BCUT2D eigenvalue weighted by molar-refractivity contribution is 5.79. The van der Waals surface area contributed by atoms with Crippen LogP contribution in [0, 0.1) is 6.92 Å². The number of carbonyl (C=O) groups excluding carboxylic acids is 1. The molecule has 0 spiro atoms. The minimum Gasteiger partial charge on any atom is -0.497 e. The van der Waals surface area contributed by atoms with Crippen molar-refractivity contribution in [3.05, 3.63) is 59.0 Å². The molecular weight excluding hydrogens is 397 g/mol. The van der Waals surface area contributed by atoms with Crippen molar-refractivity contribution in [1.82, 2.24) is 19.5 Å². The normalized spacial score (nSPS) is 17.0. The first kappa shape index (κ1) is 20.2. The zero-order chi connectivity index (χ0) is 21.5. The number of hydrogen-bond acceptors (Lipinski definition) is 4. The van der Waals surface area contributed by atoms with E-state index in [1.54, 1.807) is 18.1 Å². The van der Waals surface area contributed by atoms with E-state index in [0.29, 0.717) is 31.0 Å². The molecule has 0 radical (unpaired) electrons. The van der Waals surface area contributed by atoms with Gasteiger partial charge in [0.2, 0.25) is 5.91 Å². The zero-order valence-electron chi connectivity index (χ0n) is 16.6. The van der Waals surface area contributed by atoms with Crippen molar-refractivity contribution < 1.29 is 22.7 Å². The van der Waals surface area contributed by atoms with Crippen molar-refractivity contribution in [1.29, 1.82) is 0 Å². The standard InChI is InChI=1S/C21H21F3N4O2/c1-13-8-18(21(22,23)24)28-19(25-13)11-17(26-28)15-6-7-27(12-15)20(29)10-14-4-3-5-16(9-14)30-2/h3-5,8-9,11,15H,6-7,10,12H2,1-2H3/t15-/m0/s1. The van der Waals surface area contributed by atoms with Crippen LogP contribution >= 0.6 is 0 Å². The first-order chi connectivity index (χ1) is 14.2. The second kappa shape index (κ2) is 7.62. The van der Waals surface area contributed by atoms with Crippen molar-refractivity contribution in [2.75, 3.05) is 20.2 Å². The van der Waals surface area contributed by atoms with E-state index >= 15 is 0 Å². The number of likely N-dealkylation sites (tertiary alicyclic amines) is 1. The topological polar surface area (TPSA) is 59.7 Å². The van der Waals surface area contributed by atoms with Crippen molar-refractivity contribution in [3.8, 4) is 5.75 Å². The van der Waals surface area contributed by atoms with E-state index < -0.39 is 11.9 Å². The molecule has 1 amide bonds. The van der Waals surface area contributed by atoms with Crippen LogP contribution in [0.1, 0.15) is 35.0 Å². The van der Waals surface area contributed by atoms with Crippen LogP contribution in [-0.2, 0) is 17.4 Å². The summed E-state index contributed by atoms with van der Waals surface area (Å²) >= 11 is 0. The Morgan fingerprint density at radius 2 is 2.07 bits per heavy atom. The fourth-order valence-corrected chi connectivity index (χ4v) is 3.82. The van der Waals surface area contributed by atoms with E-state index in [0.717, 1.165) is 16.1 Å². The maximum absolute atomic E-state index is 13.4. The number of halogens is 3. The number of nitrogens with zero attached hydrogens (tertiary/aromatic N) is 4. The third-order valence-electron chi connectivity index (χ3n) is 5.31. The lowest BCUT2D eigenvalue weighted by molar-refractivity contribution is -0.142. The fraction of sp³-hybridized carbons (Fsp3) is 0.381. The molecular formula is C21H21F3N4O2. The monoisotopic (exact) mass is 418 g/mol. The first-order valence-electron chi connectivity index (χ1n) is 9.60. The molecule has 6 nitrogen and oxygen atoms in total. The SMILES string of the molecule is COc1cccc(CC(=O)N2CC[C@H](c3cc4nc(C)cc(C(F)(F)F)n4n3)C2)c1. The van der Waals surface area contributed by atoms with Crippen LogP contribution in [0.2, 0.25) is 0 Å². The molecule has 1 aromatic carbocycles. The number of ether oxygens (including phenoxy) is 1. The van der Waals surface area contributed by atoms with E-state index in [4.69, 9.17) is 4.74 Å². The summed E-state index contributed by atoms with van der Waals surface area (Å²) < 4.78 is 46.1. The van der Waals surface area contributed by atoms with Gasteiger partial charge in [0.05, 0.1) is 19.2 Å². The molecule has 1 fully saturated rings. The minimum atomic E-state index is -4.52. The number of benzene rings is 1. The van der Waals surface area contributed by atoms with Gasteiger partial charge in [-0.2, -0.15) is 18.3 Å². The third kappa shape index (κ3) is 3.96. The van der Waals surface area contributed by atoms with Crippen LogP contribution in [0.25, 0.3) is 5.65 Å². The van der Waals surface area contributed by atoms with E-state index in [9.17, 15) is 18.0 Å². The summed E-state index contributed by atoms with van der Waals surface area (Å²) in [7, 11) is 1.57. The molecule has 0 unspecified atom stereocenters. The van der Waals surface area contributed by atoms with Crippen LogP contribution in [0.15, 0.2) is 36.4 Å². The lowest BCUT2D eigenvalue weighted by Crippen LogP contribution is -2.29. The van der Waals surface area contributed by atoms with Gasteiger partial charge < -0.3 is 9.64 Å². The van der Waals surface area contributed by atoms with E-state index in [2.05, 4.69) is 10.1 Å². The predicted molar refractivity (Wildman–Crippen MR) is 103 cm³/mol. The largest absolute Gasteiger partial charge is 0.497 e. The Morgan fingerprint density at radius 3 is 2.80 bits per heavy atom. The molecule has 3 aromatic rings. The molecule has 2 aromatic heterocycles. The van der Waals surface area contributed by atoms with Gasteiger partial charge in [-0.05, 0) is 37.1 Å². The Hall–Kier alpha value is -3.10. The third-order valence-corrected chi connectivity index (χ3v) is 5.31. The molecule has 1 aliphatic rings. The predicted octanol–water partition coefficient (Wildman–Crippen LogP) is 3.62. The lowest BCUT2D eigenvalue weighted by Gasteiger charge is -2.16. The van der Waals surface area contributed by atoms with Gasteiger partial charge >= 0.3 is 6.18 Å². The van der Waals surface area contributed by atoms with E-state index in [1.807, 2.05) is 24.3 Å². The number of fused-ring (bicyclic) bond motifs is 1. The number of alkyl halides is 3. The molecule has 158 valence electrons. The molecule has 0 bridgehead atoms. The zero-order valence-corrected chi connectivity index (χ0v) is 16.6. The maximum Gasteiger partial charge on any atom is 0.433 e. The first-order valence-corrected chi connectivity index (χ1v) is 9.60. The number of carbonyl (C=O) groups is 1. The number of aromatic nitrogens is 3. The fourth-order valence-electron chi connectivity index (χ4n) is 3.82. The van der Waals surface area contributed by atoms with E-state index in [-0.39, 0.29) is 29.6 Å². The van der Waals surface area contributed by atoms with Gasteiger partial charge in [-0.1, -0.05) is 12.1 Å². The Balaban J connectivity index is 1.51. The molecule has 1 saturated heterocycles. The second-order valence-electron chi connectivity index (χ2n) is 7.47. The molecule has 0 saturated carbocycles. The summed E-state index contributed by atoms with van der Waals surface area (Å²) in [5, 5.41) is 4.18. The molecule has 4 rings (SSSR count). The van der Waals surface area contributed by atoms with Gasteiger partial charge in [0.25, 0.3) is 0 Å². The average Bonchev–Trinajstić information content (AvgIpc) is 3.33. The van der Waals surface area contributed by atoms with E-state index in [1.165, 1.54) is 6.92 Å². The summed E-state index contributed by atoms with van der Waals surface area (Å²) in [4.78, 5) is 18.6. The Morgan fingerprint density at radius 1 is 1.27 bits per heavy atom. The molecule has 30 heavy (non-hydrogen) atoms. The quantitative estimate of drug-likeness (QED) is 0.649. The van der Waals surface area contributed by atoms with Gasteiger partial charge in [-0.15, -0.1) is 0 Å². The maximum atomic E-state index is 13.4. The van der Waals surface area contributed by atoms with Gasteiger partial charge in [-0.25, -0.2) is 9.50 Å². The Bertz CT molecular complexity index is 1090. The second-order valence-corrected chi connectivity index (χ2v) is 7.47. The molecule has 9 heteroatoms. The van der Waals surface area contributed by atoms with Gasteiger partial charge in [-0.3, -0.25) is 4.79 Å². The van der Waals surface area contributed by atoms with Gasteiger partial charge in [0.15, 0.2) is 5.65 Å². The molecule has 0 aliphatic carbocycles. The number of rotatable bonds is 4. The molecule has 3 heterocycles. The summed E-state index contributed by atoms with van der Waals surface area (Å²) in [5.41, 5.74) is 0.974. The number of hydrogen-bond donors (Lipinski definition) is 0. The van der Waals surface area contributed by atoms with Crippen molar-refractivity contribution >= 4 is 11.6 Å². The smallest absolute Gasteiger partial charge is 0.433 e. The molecule has 1 atom stereocenters. The summed E-state index contributed by atoms with van der Waals surface area (Å²) in [6.07, 6.45) is -3.63. The number of amides is 1. The van der Waals surface area contributed by atoms with Crippen LogP contribution in [0.5, 0.6) is 5.75 Å². The summed E-state index contributed by atoms with van der Waals surface area (Å²) in [6.45, 7) is 2.49. The van der Waals surface area contributed by atoms with Crippen LogP contribution in [-0.4, -0.2) is 45.6 Å². The highest BCUT2D eigenvalue weighted by Gasteiger charge is 2.36. The lowest BCUT2D eigenvalue weighted by atomic mass is 10.1. The number of aryl methyl sites for hydroxylation is 1. The highest BCUT2D eigenvalue weighted by atomic mass is 19.4. The number of methoxy groups -OCH3 is 1. The molecule has 0 N–H and O–H groups in total. The van der Waals surface area contributed by atoms with Crippen LogP contribution in [0.4, 0.5) is 13.2 Å². The van der Waals surface area contributed by atoms with Gasteiger partial charge in [0.1, 0.15) is 11.4 Å². The van der Waals surface area contributed by atoms with Crippen molar-refractivity contribution in [2.24, 2.45) is 0 Å². The summed E-state index contributed by atoms with van der Waals surface area (Å²) in [6, 6.07) is 9.90. The Labute approximate surface area is 171 Å². The minimum absolute atomic E-state index is 0.0283. The Kier molecular flexibility index (Phi) is 5.13. The average molecular weight is 418 g/mol. The van der Waals surface area contributed by atoms with Crippen LogP contribution in [0.3, 0.4) is 0 Å². The van der Waals surface area contributed by atoms with Crippen LogP contribution < -0.4 is 4.74 Å². The van der Waals surface area contributed by atoms with Crippen molar-refractivity contribution in [3.63, 3.8) is 0 Å². The highest BCUT2D eigenvalue weighted by Crippen LogP contribution is 2.32. The summed E-state index contributed by atoms with van der Waals surface area (Å²) in [5.74, 6) is 0.536. The molecule has 1 aliphatic heterocycles. The van der Waals surface area contributed by atoms with Gasteiger partial charge in [0, 0.05) is 30.8 Å². The van der Waals surface area contributed by atoms with Crippen molar-refractivity contribution in [2.45, 2.75) is 31.9 Å².